The number of thiol groups is 1. The summed E-state index contributed by atoms with van der Waals surface area (Å²) >= 11 is 3.84. The summed E-state index contributed by atoms with van der Waals surface area (Å²) in [5.41, 5.74) is 10.4. The number of hydrogen-bond donors (Lipinski definition) is 6. The fraction of sp³-hybridized carbons (Fsp3) is 0.600. The van der Waals surface area contributed by atoms with Crippen LogP contribution < -0.4 is 22.1 Å². The molecule has 0 saturated heterocycles. The van der Waals surface area contributed by atoms with Crippen LogP contribution in [-0.2, 0) is 19.2 Å². The number of carboxylic acids is 1. The molecule has 2 atom stereocenters. The van der Waals surface area contributed by atoms with Gasteiger partial charge in [0.25, 0.3) is 0 Å². The second-order valence-electron chi connectivity index (χ2n) is 3.97. The highest BCUT2D eigenvalue weighted by atomic mass is 32.1. The van der Waals surface area contributed by atoms with Crippen molar-refractivity contribution in [2.75, 3.05) is 12.3 Å². The molecular weight excluding hydrogens is 288 g/mol. The van der Waals surface area contributed by atoms with E-state index in [9.17, 15) is 19.2 Å². The van der Waals surface area contributed by atoms with E-state index in [1.807, 2.05) is 0 Å². The predicted octanol–water partition coefficient (Wildman–Crippen LogP) is -2.81. The zero-order chi connectivity index (χ0) is 15.7. The lowest BCUT2D eigenvalue weighted by atomic mass is 10.1. The summed E-state index contributed by atoms with van der Waals surface area (Å²) in [6.45, 7) is -0.597. The molecule has 0 rings (SSSR count). The number of amides is 3. The molecule has 0 aromatic rings. The fourth-order valence-electron chi connectivity index (χ4n) is 1.20. The van der Waals surface area contributed by atoms with Crippen LogP contribution in [0.15, 0.2) is 0 Å². The molecule has 114 valence electrons. The second-order valence-corrected chi connectivity index (χ2v) is 4.33. The Labute approximate surface area is 120 Å². The molecule has 7 N–H and O–H groups in total. The third kappa shape index (κ3) is 7.59. The summed E-state index contributed by atoms with van der Waals surface area (Å²) in [6.07, 6.45) is -0.187. The molecule has 0 aliphatic rings. The highest BCUT2D eigenvalue weighted by Gasteiger charge is 2.23. The Balaban J connectivity index is 4.62. The molecule has 0 aliphatic heterocycles. The second kappa shape index (κ2) is 9.15. The van der Waals surface area contributed by atoms with Crippen molar-refractivity contribution in [1.82, 2.24) is 10.6 Å². The summed E-state index contributed by atoms with van der Waals surface area (Å²) < 4.78 is 0. The first-order valence-electron chi connectivity index (χ1n) is 5.72. The first-order valence-corrected chi connectivity index (χ1v) is 6.35. The molecule has 0 radical (unpaired) electrons. The number of nitrogens with two attached hydrogens (primary N) is 2. The fourth-order valence-corrected chi connectivity index (χ4v) is 1.37. The molecule has 0 bridgehead atoms. The Morgan fingerprint density at radius 1 is 1.20 bits per heavy atom. The SMILES string of the molecule is NC(=O)CCC(NC(=O)C(N)CS)C(=O)NCC(=O)O. The van der Waals surface area contributed by atoms with Crippen molar-refractivity contribution in [3.63, 3.8) is 0 Å². The Morgan fingerprint density at radius 3 is 2.25 bits per heavy atom. The highest BCUT2D eigenvalue weighted by Crippen LogP contribution is 1.99. The van der Waals surface area contributed by atoms with Gasteiger partial charge < -0.3 is 27.2 Å². The number of primary amides is 1. The largest absolute Gasteiger partial charge is 0.480 e. The minimum absolute atomic E-state index is 0.0498. The van der Waals surface area contributed by atoms with Crippen LogP contribution in [0.5, 0.6) is 0 Å². The molecule has 20 heavy (non-hydrogen) atoms. The van der Waals surface area contributed by atoms with E-state index in [1.54, 1.807) is 0 Å². The van der Waals surface area contributed by atoms with Gasteiger partial charge in [0.15, 0.2) is 0 Å². The molecule has 0 fully saturated rings. The zero-order valence-electron chi connectivity index (χ0n) is 10.7. The van der Waals surface area contributed by atoms with Crippen molar-refractivity contribution in [3.8, 4) is 0 Å². The summed E-state index contributed by atoms with van der Waals surface area (Å²) in [4.78, 5) is 44.4. The predicted molar refractivity (Wildman–Crippen MR) is 72.8 cm³/mol. The van der Waals surface area contributed by atoms with E-state index in [0.717, 1.165) is 0 Å². The first-order chi connectivity index (χ1) is 9.27. The van der Waals surface area contributed by atoms with Crippen LogP contribution in [-0.4, -0.2) is 53.2 Å². The normalized spacial score (nSPS) is 13.1. The Kier molecular flexibility index (Phi) is 8.32. The summed E-state index contributed by atoms with van der Waals surface area (Å²) in [5, 5.41) is 12.9. The van der Waals surface area contributed by atoms with Crippen LogP contribution in [0.4, 0.5) is 0 Å². The topological polar surface area (TPSA) is 165 Å². The van der Waals surface area contributed by atoms with Gasteiger partial charge in [-0.2, -0.15) is 12.6 Å². The maximum absolute atomic E-state index is 11.7. The van der Waals surface area contributed by atoms with Crippen LogP contribution in [0.3, 0.4) is 0 Å². The van der Waals surface area contributed by atoms with Gasteiger partial charge in [-0.3, -0.25) is 19.2 Å². The van der Waals surface area contributed by atoms with Crippen LogP contribution in [0.2, 0.25) is 0 Å². The Bertz CT molecular complexity index is 390. The number of carbonyl (C=O) groups is 4. The van der Waals surface area contributed by atoms with E-state index >= 15 is 0 Å². The van der Waals surface area contributed by atoms with Gasteiger partial charge in [-0.05, 0) is 6.42 Å². The van der Waals surface area contributed by atoms with E-state index in [0.29, 0.717) is 0 Å². The number of aliphatic carboxylic acids is 1. The minimum atomic E-state index is -1.23. The summed E-state index contributed by atoms with van der Waals surface area (Å²) in [5.74, 6) is -3.15. The van der Waals surface area contributed by atoms with Gasteiger partial charge in [0.1, 0.15) is 12.6 Å². The average molecular weight is 306 g/mol. The van der Waals surface area contributed by atoms with Gasteiger partial charge >= 0.3 is 5.97 Å². The Hall–Kier alpha value is -1.81. The van der Waals surface area contributed by atoms with E-state index < -0.39 is 42.3 Å². The maximum atomic E-state index is 11.7. The lowest BCUT2D eigenvalue weighted by Crippen LogP contribution is -2.52. The van der Waals surface area contributed by atoms with E-state index in [4.69, 9.17) is 16.6 Å². The number of nitrogens with one attached hydrogen (secondary N) is 2. The average Bonchev–Trinajstić information content (AvgIpc) is 2.38. The van der Waals surface area contributed by atoms with Gasteiger partial charge in [0.2, 0.25) is 17.7 Å². The van der Waals surface area contributed by atoms with E-state index in [2.05, 4.69) is 23.3 Å². The maximum Gasteiger partial charge on any atom is 0.322 e. The quantitative estimate of drug-likeness (QED) is 0.252. The first kappa shape index (κ1) is 18.2. The number of carbonyl (C=O) groups excluding carboxylic acids is 3. The number of rotatable bonds is 9. The summed E-state index contributed by atoms with van der Waals surface area (Å²) in [7, 11) is 0. The Morgan fingerprint density at radius 2 is 1.80 bits per heavy atom. The van der Waals surface area contributed by atoms with Crippen molar-refractivity contribution in [2.24, 2.45) is 11.5 Å². The van der Waals surface area contributed by atoms with Crippen molar-refractivity contribution < 1.29 is 24.3 Å². The van der Waals surface area contributed by atoms with Crippen molar-refractivity contribution in [3.05, 3.63) is 0 Å². The molecule has 0 spiro atoms. The third-order valence-electron chi connectivity index (χ3n) is 2.26. The van der Waals surface area contributed by atoms with Crippen molar-refractivity contribution >= 4 is 36.3 Å². The van der Waals surface area contributed by atoms with Crippen LogP contribution in [0.1, 0.15) is 12.8 Å². The molecule has 0 aliphatic carbocycles. The molecule has 9 nitrogen and oxygen atoms in total. The standard InChI is InChI=1S/C10H18N4O5S/c11-5(4-20)9(18)14-6(1-2-7(12)15)10(19)13-3-8(16)17/h5-6,20H,1-4,11H2,(H2,12,15)(H,13,19)(H,14,18)(H,16,17). The number of hydrogen-bond acceptors (Lipinski definition) is 6. The number of carboxylic acid groups (broad SMARTS) is 1. The molecular formula is C10H18N4O5S. The molecule has 3 amide bonds. The van der Waals surface area contributed by atoms with E-state index in [1.165, 1.54) is 0 Å². The monoisotopic (exact) mass is 306 g/mol. The van der Waals surface area contributed by atoms with E-state index in [-0.39, 0.29) is 18.6 Å². The third-order valence-corrected chi connectivity index (χ3v) is 2.65. The molecule has 2 unspecified atom stereocenters. The molecule has 0 saturated carbocycles. The zero-order valence-corrected chi connectivity index (χ0v) is 11.6. The van der Waals surface area contributed by atoms with Gasteiger partial charge in [-0.25, -0.2) is 0 Å². The molecule has 0 heterocycles. The highest BCUT2D eigenvalue weighted by molar-refractivity contribution is 7.80. The minimum Gasteiger partial charge on any atom is -0.480 e. The van der Waals surface area contributed by atoms with Crippen LogP contribution in [0.25, 0.3) is 0 Å². The van der Waals surface area contributed by atoms with Gasteiger partial charge in [-0.15, -0.1) is 0 Å². The van der Waals surface area contributed by atoms with Gasteiger partial charge in [0.05, 0.1) is 6.04 Å². The van der Waals surface area contributed by atoms with Gasteiger partial charge in [0, 0.05) is 12.2 Å². The molecule has 10 heteroatoms. The lowest BCUT2D eigenvalue weighted by molar-refractivity contribution is -0.138. The molecule has 0 aromatic carbocycles. The smallest absolute Gasteiger partial charge is 0.322 e. The summed E-state index contributed by atoms with van der Waals surface area (Å²) in [6, 6.07) is -2.00. The van der Waals surface area contributed by atoms with Crippen LogP contribution >= 0.6 is 12.6 Å². The van der Waals surface area contributed by atoms with Gasteiger partial charge in [-0.1, -0.05) is 0 Å². The van der Waals surface area contributed by atoms with Crippen molar-refractivity contribution in [2.45, 2.75) is 24.9 Å². The lowest BCUT2D eigenvalue weighted by Gasteiger charge is -2.19. The molecule has 0 aromatic heterocycles. The van der Waals surface area contributed by atoms with Crippen molar-refractivity contribution in [1.29, 1.82) is 0 Å². The van der Waals surface area contributed by atoms with Crippen LogP contribution in [0, 0.1) is 0 Å².